The molecule has 0 spiro atoms. The molecule has 1 heterocycles. The number of primary sulfonamides is 1. The fraction of sp³-hybridized carbons (Fsp3) is 0.556. The van der Waals surface area contributed by atoms with E-state index in [1.165, 1.54) is 0 Å². The molecular weight excluding hydrogens is 262 g/mol. The van der Waals surface area contributed by atoms with Crippen molar-refractivity contribution in [2.24, 2.45) is 11.1 Å². The number of rotatable bonds is 3. The highest BCUT2D eigenvalue weighted by Gasteiger charge is 2.26. The van der Waals surface area contributed by atoms with Crippen molar-refractivity contribution in [1.29, 1.82) is 0 Å². The summed E-state index contributed by atoms with van der Waals surface area (Å²) in [5, 5.41) is 7.95. The Kier molecular flexibility index (Phi) is 3.19. The molecule has 1 aliphatic carbocycles. The Balaban J connectivity index is 2.15. The predicted octanol–water partition coefficient (Wildman–Crippen LogP) is 0.838. The Morgan fingerprint density at radius 1 is 1.53 bits per heavy atom. The van der Waals surface area contributed by atoms with Crippen LogP contribution in [0.2, 0.25) is 0 Å². The molecule has 94 valence electrons. The smallest absolute Gasteiger partial charge is 0.249 e. The summed E-state index contributed by atoms with van der Waals surface area (Å²) in [6, 6.07) is 0. The van der Waals surface area contributed by atoms with Crippen LogP contribution in [0.5, 0.6) is 0 Å². The predicted molar refractivity (Wildman–Crippen MR) is 64.2 cm³/mol. The summed E-state index contributed by atoms with van der Waals surface area (Å²) < 4.78 is 22.4. The molecule has 0 radical (unpaired) electrons. The first-order chi connectivity index (χ1) is 7.88. The van der Waals surface area contributed by atoms with Crippen molar-refractivity contribution in [3.05, 3.63) is 5.69 Å². The van der Waals surface area contributed by atoms with E-state index in [9.17, 15) is 13.2 Å². The van der Waals surface area contributed by atoms with Crippen molar-refractivity contribution in [3.8, 4) is 0 Å². The van der Waals surface area contributed by atoms with Crippen LogP contribution in [0.25, 0.3) is 0 Å². The third-order valence-electron chi connectivity index (χ3n) is 2.72. The molecular formula is C9H13N3O3S2. The fourth-order valence-corrected chi connectivity index (χ4v) is 3.44. The standard InChI is InChI=1S/C9H13N3O3S2/c1-5-8(17(10,14)15)16-9(11-5)12-7(13)6-3-2-4-6/h6H,2-4H2,1H3,(H2,10,14,15)(H,11,12,13). The number of carbonyl (C=O) groups is 1. The van der Waals surface area contributed by atoms with Crippen LogP contribution in [-0.2, 0) is 14.8 Å². The van der Waals surface area contributed by atoms with Gasteiger partial charge in [-0.3, -0.25) is 4.79 Å². The van der Waals surface area contributed by atoms with E-state index < -0.39 is 10.0 Å². The highest BCUT2D eigenvalue weighted by atomic mass is 32.2. The molecule has 0 unspecified atom stereocenters. The van der Waals surface area contributed by atoms with Gasteiger partial charge >= 0.3 is 0 Å². The molecule has 3 N–H and O–H groups in total. The quantitative estimate of drug-likeness (QED) is 0.853. The lowest BCUT2D eigenvalue weighted by Gasteiger charge is -2.23. The van der Waals surface area contributed by atoms with Crippen molar-refractivity contribution in [1.82, 2.24) is 4.98 Å². The summed E-state index contributed by atoms with van der Waals surface area (Å²) in [5.74, 6) is -0.0527. The van der Waals surface area contributed by atoms with Gasteiger partial charge in [0, 0.05) is 5.92 Å². The highest BCUT2D eigenvalue weighted by molar-refractivity contribution is 7.91. The maximum atomic E-state index is 11.6. The lowest BCUT2D eigenvalue weighted by atomic mass is 9.85. The zero-order chi connectivity index (χ0) is 12.6. The zero-order valence-electron chi connectivity index (χ0n) is 9.26. The van der Waals surface area contributed by atoms with E-state index in [1.54, 1.807) is 6.92 Å². The number of thiazole rings is 1. The second-order valence-corrected chi connectivity index (χ2v) is 6.81. The van der Waals surface area contributed by atoms with Gasteiger partial charge in [-0.25, -0.2) is 18.5 Å². The largest absolute Gasteiger partial charge is 0.302 e. The molecule has 0 atom stereocenters. The molecule has 1 aliphatic rings. The number of aryl methyl sites for hydroxylation is 1. The van der Waals surface area contributed by atoms with Gasteiger partial charge in [0.15, 0.2) is 9.34 Å². The summed E-state index contributed by atoms with van der Waals surface area (Å²) in [6.45, 7) is 1.55. The average Bonchev–Trinajstić information content (AvgIpc) is 2.41. The van der Waals surface area contributed by atoms with Gasteiger partial charge in [0.05, 0.1) is 5.69 Å². The van der Waals surface area contributed by atoms with Crippen LogP contribution in [0, 0.1) is 12.8 Å². The molecule has 6 nitrogen and oxygen atoms in total. The minimum Gasteiger partial charge on any atom is -0.302 e. The van der Waals surface area contributed by atoms with Crippen LogP contribution in [0.3, 0.4) is 0 Å². The van der Waals surface area contributed by atoms with Crippen LogP contribution in [-0.4, -0.2) is 19.3 Å². The first kappa shape index (κ1) is 12.5. The number of anilines is 1. The number of sulfonamides is 1. The Labute approximate surface area is 103 Å². The van der Waals surface area contributed by atoms with Crippen molar-refractivity contribution >= 4 is 32.4 Å². The topological polar surface area (TPSA) is 102 Å². The van der Waals surface area contributed by atoms with E-state index in [1.807, 2.05) is 0 Å². The molecule has 1 amide bonds. The first-order valence-electron chi connectivity index (χ1n) is 5.19. The monoisotopic (exact) mass is 275 g/mol. The normalized spacial score (nSPS) is 16.6. The minimum absolute atomic E-state index is 0.00131. The second kappa shape index (κ2) is 4.35. The third-order valence-corrected chi connectivity index (χ3v) is 5.35. The van der Waals surface area contributed by atoms with Crippen molar-refractivity contribution < 1.29 is 13.2 Å². The van der Waals surface area contributed by atoms with Gasteiger partial charge in [-0.2, -0.15) is 0 Å². The fourth-order valence-electron chi connectivity index (χ4n) is 1.58. The second-order valence-electron chi connectivity index (χ2n) is 4.05. The summed E-state index contributed by atoms with van der Waals surface area (Å²) >= 11 is 0.891. The van der Waals surface area contributed by atoms with E-state index >= 15 is 0 Å². The Morgan fingerprint density at radius 3 is 2.59 bits per heavy atom. The number of nitrogens with one attached hydrogen (secondary N) is 1. The van der Waals surface area contributed by atoms with Crippen molar-refractivity contribution in [2.45, 2.75) is 30.4 Å². The van der Waals surface area contributed by atoms with Crippen LogP contribution in [0.1, 0.15) is 25.0 Å². The number of aromatic nitrogens is 1. The van der Waals surface area contributed by atoms with E-state index in [0.29, 0.717) is 10.8 Å². The van der Waals surface area contributed by atoms with E-state index in [-0.39, 0.29) is 16.0 Å². The molecule has 1 aromatic rings. The number of hydrogen-bond acceptors (Lipinski definition) is 5. The van der Waals surface area contributed by atoms with Gasteiger partial charge in [-0.05, 0) is 19.8 Å². The number of amides is 1. The molecule has 0 aromatic carbocycles. The molecule has 2 rings (SSSR count). The highest BCUT2D eigenvalue weighted by Crippen LogP contribution is 2.30. The van der Waals surface area contributed by atoms with Gasteiger partial charge in [0.2, 0.25) is 15.9 Å². The Morgan fingerprint density at radius 2 is 2.18 bits per heavy atom. The summed E-state index contributed by atoms with van der Waals surface area (Å²) in [4.78, 5) is 15.6. The lowest BCUT2D eigenvalue weighted by molar-refractivity contribution is -0.122. The van der Waals surface area contributed by atoms with Crippen molar-refractivity contribution in [3.63, 3.8) is 0 Å². The van der Waals surface area contributed by atoms with E-state index in [0.717, 1.165) is 30.6 Å². The average molecular weight is 275 g/mol. The Bertz CT molecular complexity index is 546. The van der Waals surface area contributed by atoms with Crippen molar-refractivity contribution in [2.75, 3.05) is 5.32 Å². The number of nitrogens with two attached hydrogens (primary N) is 1. The molecule has 0 saturated heterocycles. The summed E-state index contributed by atoms with van der Waals surface area (Å²) in [5.41, 5.74) is 0.321. The molecule has 0 aliphatic heterocycles. The van der Waals surface area contributed by atoms with Gasteiger partial charge in [-0.15, -0.1) is 0 Å². The van der Waals surface area contributed by atoms with Gasteiger partial charge in [0.1, 0.15) is 0 Å². The maximum Gasteiger partial charge on any atom is 0.249 e. The number of hydrogen-bond donors (Lipinski definition) is 2. The van der Waals surface area contributed by atoms with Crippen LogP contribution < -0.4 is 10.5 Å². The van der Waals surface area contributed by atoms with E-state index in [4.69, 9.17) is 5.14 Å². The maximum absolute atomic E-state index is 11.6. The number of carbonyl (C=O) groups excluding carboxylic acids is 1. The van der Waals surface area contributed by atoms with E-state index in [2.05, 4.69) is 10.3 Å². The Hall–Kier alpha value is -0.990. The molecule has 1 saturated carbocycles. The lowest BCUT2D eigenvalue weighted by Crippen LogP contribution is -2.27. The van der Waals surface area contributed by atoms with Gasteiger partial charge < -0.3 is 5.32 Å². The van der Waals surface area contributed by atoms with Gasteiger partial charge in [-0.1, -0.05) is 17.8 Å². The third kappa shape index (κ3) is 2.64. The summed E-state index contributed by atoms with van der Waals surface area (Å²) in [6.07, 6.45) is 2.84. The molecule has 8 heteroatoms. The number of nitrogens with zero attached hydrogens (tertiary/aromatic N) is 1. The molecule has 0 bridgehead atoms. The van der Waals surface area contributed by atoms with Crippen LogP contribution in [0.4, 0.5) is 5.13 Å². The SMILES string of the molecule is Cc1nc(NC(=O)C2CCC2)sc1S(N)(=O)=O. The molecule has 17 heavy (non-hydrogen) atoms. The summed E-state index contributed by atoms with van der Waals surface area (Å²) in [7, 11) is -3.76. The molecule has 1 aromatic heterocycles. The van der Waals surface area contributed by atoms with Crippen LogP contribution in [0.15, 0.2) is 4.21 Å². The first-order valence-corrected chi connectivity index (χ1v) is 7.55. The van der Waals surface area contributed by atoms with Crippen LogP contribution >= 0.6 is 11.3 Å². The van der Waals surface area contributed by atoms with Gasteiger partial charge in [0.25, 0.3) is 0 Å². The minimum atomic E-state index is -3.76. The zero-order valence-corrected chi connectivity index (χ0v) is 10.9. The molecule has 1 fully saturated rings.